The molecular formula is C32H47N3O4. The lowest BCUT2D eigenvalue weighted by Gasteiger charge is -2.37. The molecule has 0 aliphatic heterocycles. The fraction of sp³-hybridized carbons (Fsp3) is 0.594. The van der Waals surface area contributed by atoms with E-state index in [9.17, 15) is 4.79 Å². The second-order valence-corrected chi connectivity index (χ2v) is 11.8. The van der Waals surface area contributed by atoms with Crippen LogP contribution in [0.25, 0.3) is 0 Å². The summed E-state index contributed by atoms with van der Waals surface area (Å²) < 4.78 is 18.1. The van der Waals surface area contributed by atoms with E-state index >= 15 is 0 Å². The number of benzene rings is 2. The Hall–Kier alpha value is -2.93. The summed E-state index contributed by atoms with van der Waals surface area (Å²) in [5, 5.41) is 6.67. The van der Waals surface area contributed by atoms with Crippen LogP contribution in [0.2, 0.25) is 0 Å². The summed E-state index contributed by atoms with van der Waals surface area (Å²) in [6.07, 6.45) is 7.48. The van der Waals surface area contributed by atoms with Crippen LogP contribution in [0.15, 0.2) is 42.5 Å². The zero-order valence-corrected chi connectivity index (χ0v) is 24.1. The quantitative estimate of drug-likeness (QED) is 0.279. The molecule has 0 heterocycles. The molecule has 7 nitrogen and oxygen atoms in total. The van der Waals surface area contributed by atoms with Crippen LogP contribution < -0.4 is 25.8 Å². The third-order valence-corrected chi connectivity index (χ3v) is 8.36. The second-order valence-electron chi connectivity index (χ2n) is 11.8. The van der Waals surface area contributed by atoms with E-state index in [-0.39, 0.29) is 24.3 Å². The van der Waals surface area contributed by atoms with Gasteiger partial charge in [0.15, 0.2) is 11.5 Å². The molecule has 2 aliphatic rings. The number of carbonyl (C=O) groups excluding carboxylic acids is 1. The van der Waals surface area contributed by atoms with Gasteiger partial charge in [0.2, 0.25) is 0 Å². The molecule has 4 N–H and O–H groups in total. The fourth-order valence-electron chi connectivity index (χ4n) is 6.00. The highest BCUT2D eigenvalue weighted by Gasteiger charge is 2.34. The number of alkyl carbamates (subject to hydrolysis) is 1. The van der Waals surface area contributed by atoms with Crippen LogP contribution in [0.1, 0.15) is 82.9 Å². The Kier molecular flexibility index (Phi) is 10.4. The molecular weight excluding hydrogens is 490 g/mol. The molecule has 2 aromatic rings. The average molecular weight is 538 g/mol. The van der Waals surface area contributed by atoms with Gasteiger partial charge >= 0.3 is 6.09 Å². The summed E-state index contributed by atoms with van der Waals surface area (Å²) in [6.45, 7) is 7.89. The van der Waals surface area contributed by atoms with Gasteiger partial charge in [-0.25, -0.2) is 4.79 Å². The number of nitrogen functional groups attached to an aromatic ring is 1. The Balaban J connectivity index is 1.49. The molecule has 1 amide bonds. The number of hydrogen-bond donors (Lipinski definition) is 3. The summed E-state index contributed by atoms with van der Waals surface area (Å²) in [7, 11) is 1.66. The average Bonchev–Trinajstić information content (AvgIpc) is 3.42. The van der Waals surface area contributed by atoms with Crippen molar-refractivity contribution < 1.29 is 19.0 Å². The van der Waals surface area contributed by atoms with Crippen molar-refractivity contribution in [2.24, 2.45) is 17.8 Å². The van der Waals surface area contributed by atoms with Gasteiger partial charge in [-0.3, -0.25) is 0 Å². The molecule has 0 bridgehead atoms. The highest BCUT2D eigenvalue weighted by Crippen LogP contribution is 2.36. The van der Waals surface area contributed by atoms with Crippen molar-refractivity contribution in [1.82, 2.24) is 10.6 Å². The molecule has 2 aromatic carbocycles. The Morgan fingerprint density at radius 3 is 2.46 bits per heavy atom. The van der Waals surface area contributed by atoms with Crippen molar-refractivity contribution in [3.05, 3.63) is 53.6 Å². The van der Waals surface area contributed by atoms with Crippen LogP contribution in [0.5, 0.6) is 11.5 Å². The Bertz CT molecular complexity index is 1050. The molecule has 2 fully saturated rings. The molecule has 4 rings (SSSR count). The van der Waals surface area contributed by atoms with Gasteiger partial charge in [0.1, 0.15) is 6.10 Å². The van der Waals surface area contributed by atoms with Crippen molar-refractivity contribution in [3.63, 3.8) is 0 Å². The Morgan fingerprint density at radius 1 is 1.03 bits per heavy atom. The molecule has 0 saturated heterocycles. The molecule has 0 aromatic heterocycles. The van der Waals surface area contributed by atoms with Crippen LogP contribution in [-0.2, 0) is 11.3 Å². The molecule has 3 unspecified atom stereocenters. The highest BCUT2D eigenvalue weighted by molar-refractivity contribution is 5.68. The van der Waals surface area contributed by atoms with Crippen LogP contribution in [0.3, 0.4) is 0 Å². The number of hydrogen-bond acceptors (Lipinski definition) is 6. The number of anilines is 1. The second kappa shape index (κ2) is 13.9. The predicted molar refractivity (Wildman–Crippen MR) is 156 cm³/mol. The topological polar surface area (TPSA) is 94.8 Å². The Morgan fingerprint density at radius 2 is 1.77 bits per heavy atom. The molecule has 4 atom stereocenters. The van der Waals surface area contributed by atoms with E-state index in [2.05, 4.69) is 31.4 Å². The smallest absolute Gasteiger partial charge is 0.407 e. The zero-order chi connectivity index (χ0) is 27.8. The number of methoxy groups -OCH3 is 1. The first-order valence-corrected chi connectivity index (χ1v) is 14.7. The number of ether oxygens (including phenoxy) is 3. The molecule has 2 saturated carbocycles. The molecule has 39 heavy (non-hydrogen) atoms. The minimum Gasteiger partial charge on any atom is -0.493 e. The number of nitrogens with two attached hydrogens (primary N) is 1. The van der Waals surface area contributed by atoms with Crippen molar-refractivity contribution >= 4 is 11.8 Å². The third kappa shape index (κ3) is 8.28. The van der Waals surface area contributed by atoms with Gasteiger partial charge in [0.25, 0.3) is 0 Å². The van der Waals surface area contributed by atoms with E-state index in [1.54, 1.807) is 7.11 Å². The van der Waals surface area contributed by atoms with Gasteiger partial charge < -0.3 is 30.6 Å². The van der Waals surface area contributed by atoms with Crippen LogP contribution >= 0.6 is 0 Å². The summed E-state index contributed by atoms with van der Waals surface area (Å²) in [5.41, 5.74) is 8.66. The highest BCUT2D eigenvalue weighted by atomic mass is 16.6. The first-order valence-electron chi connectivity index (χ1n) is 14.7. The van der Waals surface area contributed by atoms with E-state index in [1.165, 1.54) is 19.3 Å². The Labute approximate surface area is 234 Å². The summed E-state index contributed by atoms with van der Waals surface area (Å²) in [6, 6.07) is 13.4. The largest absolute Gasteiger partial charge is 0.493 e. The molecule has 0 spiro atoms. The van der Waals surface area contributed by atoms with Gasteiger partial charge in [-0.05, 0) is 91.7 Å². The lowest BCUT2D eigenvalue weighted by molar-refractivity contribution is 0.00491. The number of nitrogens with one attached hydrogen (secondary N) is 2. The van der Waals surface area contributed by atoms with E-state index in [4.69, 9.17) is 19.9 Å². The molecule has 214 valence electrons. The molecule has 7 heteroatoms. The predicted octanol–water partition coefficient (Wildman–Crippen LogP) is 6.62. The van der Waals surface area contributed by atoms with E-state index in [0.29, 0.717) is 36.6 Å². The van der Waals surface area contributed by atoms with Crippen molar-refractivity contribution in [2.75, 3.05) is 19.4 Å². The first kappa shape index (κ1) is 29.1. The van der Waals surface area contributed by atoms with Crippen molar-refractivity contribution in [3.8, 4) is 11.5 Å². The van der Waals surface area contributed by atoms with Gasteiger partial charge in [-0.15, -0.1) is 0 Å². The van der Waals surface area contributed by atoms with Crippen LogP contribution in [0, 0.1) is 17.8 Å². The minimum atomic E-state index is -0.367. The SMILES string of the molecule is COc1ccc([C@@H](CNCc2ccc(N)cc2)NC(=O)OC2CC(C)CCC2C(C)C)cc1OC1CCCC1. The van der Waals surface area contributed by atoms with Crippen LogP contribution in [0.4, 0.5) is 10.5 Å². The lowest BCUT2D eigenvalue weighted by atomic mass is 9.75. The third-order valence-electron chi connectivity index (χ3n) is 8.36. The van der Waals surface area contributed by atoms with E-state index in [0.717, 1.165) is 48.2 Å². The fourth-order valence-corrected chi connectivity index (χ4v) is 6.00. The van der Waals surface area contributed by atoms with Gasteiger partial charge in [0, 0.05) is 18.8 Å². The first-order chi connectivity index (χ1) is 18.8. The molecule has 2 aliphatic carbocycles. The lowest BCUT2D eigenvalue weighted by Crippen LogP contribution is -2.41. The van der Waals surface area contributed by atoms with Crippen molar-refractivity contribution in [2.45, 2.75) is 90.5 Å². The zero-order valence-electron chi connectivity index (χ0n) is 24.1. The normalized spacial score (nSPS) is 22.4. The maximum absolute atomic E-state index is 13.3. The van der Waals surface area contributed by atoms with Gasteiger partial charge in [0.05, 0.1) is 19.3 Å². The monoisotopic (exact) mass is 537 g/mol. The van der Waals surface area contributed by atoms with Crippen molar-refractivity contribution in [1.29, 1.82) is 0 Å². The van der Waals surface area contributed by atoms with Gasteiger partial charge in [-0.2, -0.15) is 0 Å². The summed E-state index contributed by atoms with van der Waals surface area (Å²) >= 11 is 0. The number of carbonyl (C=O) groups is 1. The van der Waals surface area contributed by atoms with Crippen LogP contribution in [-0.4, -0.2) is 32.0 Å². The standard InChI is InChI=1S/C32H47N3O4/c1-21(2)27-15-9-22(3)17-30(27)39-32(36)35-28(20-34-19-23-10-13-25(33)14-11-23)24-12-16-29(37-4)31(18-24)38-26-7-5-6-8-26/h10-14,16,18,21-22,26-28,30,34H,5-9,15,17,19-20,33H2,1-4H3,(H,35,36)/t22?,27?,28-,30?/m1/s1. The number of rotatable bonds is 11. The van der Waals surface area contributed by atoms with E-state index in [1.807, 2.05) is 42.5 Å². The maximum atomic E-state index is 13.3. The maximum Gasteiger partial charge on any atom is 0.407 e. The summed E-state index contributed by atoms with van der Waals surface area (Å²) in [4.78, 5) is 13.3. The minimum absolute atomic E-state index is 0.0609. The van der Waals surface area contributed by atoms with E-state index < -0.39 is 0 Å². The summed E-state index contributed by atoms with van der Waals surface area (Å²) in [5.74, 6) is 2.86. The molecule has 0 radical (unpaired) electrons. The number of amides is 1. The van der Waals surface area contributed by atoms with Gasteiger partial charge in [-0.1, -0.05) is 45.4 Å².